The number of nitrogens with zero attached hydrogens (tertiary/aromatic N) is 1. The van der Waals surface area contributed by atoms with E-state index in [1.807, 2.05) is 0 Å². The molecule has 0 N–H and O–H groups in total. The van der Waals surface area contributed by atoms with E-state index in [1.54, 1.807) is 0 Å². The zero-order valence-corrected chi connectivity index (χ0v) is 9.13. The maximum atomic E-state index is 2.71. The fraction of sp³-hybridized carbons (Fsp3) is 1.00. The van der Waals surface area contributed by atoms with Gasteiger partial charge in [-0.3, -0.25) is 0 Å². The Balaban J connectivity index is 1.75. The SMILES string of the molecule is CC(C)CCN1CC2CCC(C2)C1. The molecule has 0 radical (unpaired) electrons. The fourth-order valence-corrected chi connectivity index (χ4v) is 2.94. The smallest absolute Gasteiger partial charge is 0.000989 e. The maximum absolute atomic E-state index is 2.71. The minimum atomic E-state index is 0.875. The van der Waals surface area contributed by atoms with Crippen LogP contribution in [0.5, 0.6) is 0 Å². The number of fused-ring (bicyclic) bond motifs is 2. The minimum Gasteiger partial charge on any atom is -0.303 e. The van der Waals surface area contributed by atoms with Crippen LogP contribution in [0.3, 0.4) is 0 Å². The summed E-state index contributed by atoms with van der Waals surface area (Å²) in [5.74, 6) is 3.00. The largest absolute Gasteiger partial charge is 0.303 e. The second-order valence-corrected chi connectivity index (χ2v) is 5.49. The lowest BCUT2D eigenvalue weighted by atomic mass is 9.98. The van der Waals surface area contributed by atoms with Crippen molar-refractivity contribution in [2.75, 3.05) is 19.6 Å². The van der Waals surface area contributed by atoms with Gasteiger partial charge in [0.25, 0.3) is 0 Å². The molecule has 0 spiro atoms. The first-order valence-electron chi connectivity index (χ1n) is 5.96. The third kappa shape index (κ3) is 2.46. The Morgan fingerprint density at radius 3 is 2.31 bits per heavy atom. The van der Waals surface area contributed by atoms with Crippen molar-refractivity contribution in [1.82, 2.24) is 4.90 Å². The predicted octanol–water partition coefficient (Wildman–Crippen LogP) is 2.76. The molecule has 2 fully saturated rings. The van der Waals surface area contributed by atoms with Crippen LogP contribution in [0.25, 0.3) is 0 Å². The van der Waals surface area contributed by atoms with Crippen molar-refractivity contribution >= 4 is 0 Å². The number of piperidine rings is 1. The first kappa shape index (κ1) is 9.51. The Bertz CT molecular complexity index is 153. The topological polar surface area (TPSA) is 3.24 Å². The van der Waals surface area contributed by atoms with Gasteiger partial charge in [0.15, 0.2) is 0 Å². The Morgan fingerprint density at radius 2 is 1.77 bits per heavy atom. The lowest BCUT2D eigenvalue weighted by Gasteiger charge is -2.32. The lowest BCUT2D eigenvalue weighted by Crippen LogP contribution is -2.37. The van der Waals surface area contributed by atoms with Gasteiger partial charge in [-0.15, -0.1) is 0 Å². The van der Waals surface area contributed by atoms with Gasteiger partial charge in [0.05, 0.1) is 0 Å². The monoisotopic (exact) mass is 181 g/mol. The molecule has 1 aliphatic heterocycles. The van der Waals surface area contributed by atoms with Crippen molar-refractivity contribution in [3.63, 3.8) is 0 Å². The highest BCUT2D eigenvalue weighted by Crippen LogP contribution is 2.36. The molecule has 0 aromatic rings. The van der Waals surface area contributed by atoms with Gasteiger partial charge in [-0.2, -0.15) is 0 Å². The molecule has 2 atom stereocenters. The molecule has 0 aromatic carbocycles. The third-order valence-corrected chi connectivity index (χ3v) is 3.71. The average Bonchev–Trinajstić information content (AvgIpc) is 2.42. The molecule has 1 nitrogen and oxygen atoms in total. The summed E-state index contributed by atoms with van der Waals surface area (Å²) in [5, 5.41) is 0. The molecule has 2 unspecified atom stereocenters. The van der Waals surface area contributed by atoms with Gasteiger partial charge in [-0.25, -0.2) is 0 Å². The first-order valence-corrected chi connectivity index (χ1v) is 5.96. The highest BCUT2D eigenvalue weighted by atomic mass is 15.1. The summed E-state index contributed by atoms with van der Waals surface area (Å²) < 4.78 is 0. The van der Waals surface area contributed by atoms with E-state index in [0.717, 1.165) is 17.8 Å². The fourth-order valence-electron chi connectivity index (χ4n) is 2.94. The summed E-state index contributed by atoms with van der Waals surface area (Å²) in [7, 11) is 0. The van der Waals surface area contributed by atoms with Crippen LogP contribution in [-0.2, 0) is 0 Å². The Labute approximate surface area is 82.5 Å². The third-order valence-electron chi connectivity index (χ3n) is 3.71. The minimum absolute atomic E-state index is 0.875. The van der Waals surface area contributed by atoms with Crippen molar-refractivity contribution in [3.05, 3.63) is 0 Å². The Hall–Kier alpha value is -0.0400. The molecule has 2 bridgehead atoms. The first-order chi connectivity index (χ1) is 6.24. The van der Waals surface area contributed by atoms with E-state index in [4.69, 9.17) is 0 Å². The molecular formula is C12H23N. The van der Waals surface area contributed by atoms with E-state index in [9.17, 15) is 0 Å². The molecule has 2 aliphatic rings. The van der Waals surface area contributed by atoms with Crippen LogP contribution >= 0.6 is 0 Å². The van der Waals surface area contributed by atoms with Gasteiger partial charge in [0, 0.05) is 13.1 Å². The van der Waals surface area contributed by atoms with Crippen LogP contribution in [0, 0.1) is 17.8 Å². The van der Waals surface area contributed by atoms with E-state index in [2.05, 4.69) is 18.7 Å². The molecule has 1 heterocycles. The van der Waals surface area contributed by atoms with E-state index in [0.29, 0.717) is 0 Å². The van der Waals surface area contributed by atoms with Crippen LogP contribution in [0.1, 0.15) is 39.5 Å². The van der Waals surface area contributed by atoms with Crippen molar-refractivity contribution < 1.29 is 0 Å². The number of hydrogen-bond acceptors (Lipinski definition) is 1. The molecule has 76 valence electrons. The van der Waals surface area contributed by atoms with Crippen molar-refractivity contribution in [2.45, 2.75) is 39.5 Å². The van der Waals surface area contributed by atoms with E-state index in [1.165, 1.54) is 45.3 Å². The summed E-state index contributed by atoms with van der Waals surface area (Å²) in [6.45, 7) is 8.83. The van der Waals surface area contributed by atoms with Crippen molar-refractivity contribution in [1.29, 1.82) is 0 Å². The molecule has 1 saturated carbocycles. The molecule has 2 rings (SSSR count). The highest BCUT2D eigenvalue weighted by Gasteiger charge is 2.32. The van der Waals surface area contributed by atoms with Crippen LogP contribution in [0.15, 0.2) is 0 Å². The summed E-state index contributed by atoms with van der Waals surface area (Å²) in [6.07, 6.45) is 5.96. The standard InChI is InChI=1S/C12H23N/c1-10(2)5-6-13-8-11-3-4-12(7-11)9-13/h10-12H,3-9H2,1-2H3. The van der Waals surface area contributed by atoms with Gasteiger partial charge < -0.3 is 4.90 Å². The lowest BCUT2D eigenvalue weighted by molar-refractivity contribution is 0.161. The van der Waals surface area contributed by atoms with Gasteiger partial charge in [0.2, 0.25) is 0 Å². The predicted molar refractivity (Wildman–Crippen MR) is 56.7 cm³/mol. The molecule has 13 heavy (non-hydrogen) atoms. The quantitative estimate of drug-likeness (QED) is 0.647. The molecule has 1 aliphatic carbocycles. The number of rotatable bonds is 3. The van der Waals surface area contributed by atoms with E-state index in [-0.39, 0.29) is 0 Å². The second-order valence-electron chi connectivity index (χ2n) is 5.49. The Kier molecular flexibility index (Phi) is 2.92. The van der Waals surface area contributed by atoms with Crippen LogP contribution in [0.2, 0.25) is 0 Å². The van der Waals surface area contributed by atoms with Gasteiger partial charge >= 0.3 is 0 Å². The van der Waals surface area contributed by atoms with Gasteiger partial charge in [0.1, 0.15) is 0 Å². The van der Waals surface area contributed by atoms with Crippen LogP contribution in [-0.4, -0.2) is 24.5 Å². The average molecular weight is 181 g/mol. The van der Waals surface area contributed by atoms with Gasteiger partial charge in [-0.05, 0) is 50.0 Å². The maximum Gasteiger partial charge on any atom is 0.000989 e. The Morgan fingerprint density at radius 1 is 1.15 bits per heavy atom. The normalized spacial score (nSPS) is 34.4. The number of hydrogen-bond donors (Lipinski definition) is 0. The van der Waals surface area contributed by atoms with E-state index < -0.39 is 0 Å². The molecular weight excluding hydrogens is 158 g/mol. The zero-order valence-electron chi connectivity index (χ0n) is 9.13. The van der Waals surface area contributed by atoms with Crippen LogP contribution < -0.4 is 0 Å². The molecule has 1 saturated heterocycles. The second kappa shape index (κ2) is 4.00. The summed E-state index contributed by atoms with van der Waals surface area (Å²) in [6, 6.07) is 0. The van der Waals surface area contributed by atoms with Crippen molar-refractivity contribution in [3.8, 4) is 0 Å². The van der Waals surface area contributed by atoms with Crippen LogP contribution in [0.4, 0.5) is 0 Å². The van der Waals surface area contributed by atoms with Gasteiger partial charge in [-0.1, -0.05) is 13.8 Å². The molecule has 0 aromatic heterocycles. The highest BCUT2D eigenvalue weighted by molar-refractivity contribution is 4.85. The summed E-state index contributed by atoms with van der Waals surface area (Å²) in [4.78, 5) is 2.71. The molecule has 0 amide bonds. The van der Waals surface area contributed by atoms with Crippen molar-refractivity contribution in [2.24, 2.45) is 17.8 Å². The summed E-state index contributed by atoms with van der Waals surface area (Å²) in [5.41, 5.74) is 0. The molecule has 1 heteroatoms. The summed E-state index contributed by atoms with van der Waals surface area (Å²) >= 11 is 0. The number of likely N-dealkylation sites (tertiary alicyclic amines) is 1. The van der Waals surface area contributed by atoms with E-state index >= 15 is 0 Å². The zero-order chi connectivity index (χ0) is 9.26.